The third kappa shape index (κ3) is 2.78. The molecule has 1 unspecified atom stereocenters. The first-order valence-corrected chi connectivity index (χ1v) is 6.83. The van der Waals surface area contributed by atoms with Crippen LogP contribution in [-0.4, -0.2) is 34.2 Å². The molecule has 4 nitrogen and oxygen atoms in total. The van der Waals surface area contributed by atoms with Crippen molar-refractivity contribution in [2.45, 2.75) is 39.3 Å². The Kier molecular flexibility index (Phi) is 3.43. The summed E-state index contributed by atoms with van der Waals surface area (Å²) in [5.41, 5.74) is 5.84. The minimum atomic E-state index is -0.190. The number of rotatable bonds is 2. The van der Waals surface area contributed by atoms with Crippen molar-refractivity contribution >= 4 is 16.5 Å². The number of aliphatic hydroxyl groups excluding tert-OH is 1. The molecule has 0 saturated carbocycles. The number of nitrogens with zero attached hydrogens (tertiary/aromatic N) is 2. The van der Waals surface area contributed by atoms with Gasteiger partial charge in [0.25, 0.3) is 0 Å². The predicted octanol–water partition coefficient (Wildman–Crippen LogP) is 1.88. The largest absolute Gasteiger partial charge is 0.392 e. The monoisotopic (exact) mass is 255 g/mol. The lowest BCUT2D eigenvalue weighted by Crippen LogP contribution is -2.35. The third-order valence-electron chi connectivity index (χ3n) is 3.19. The van der Waals surface area contributed by atoms with Gasteiger partial charge in [-0.05, 0) is 11.8 Å². The van der Waals surface area contributed by atoms with Crippen molar-refractivity contribution in [3.05, 3.63) is 11.1 Å². The number of aromatic nitrogens is 1. The molecule has 1 aliphatic heterocycles. The normalized spacial score (nSPS) is 24.1. The molecule has 0 spiro atoms. The maximum Gasteiger partial charge on any atom is 0.180 e. The molecule has 2 atom stereocenters. The van der Waals surface area contributed by atoms with Crippen molar-refractivity contribution in [3.63, 3.8) is 0 Å². The van der Waals surface area contributed by atoms with Gasteiger partial charge in [-0.25, -0.2) is 4.98 Å². The van der Waals surface area contributed by atoms with E-state index >= 15 is 0 Å². The van der Waals surface area contributed by atoms with Crippen molar-refractivity contribution in [1.29, 1.82) is 0 Å². The lowest BCUT2D eigenvalue weighted by molar-refractivity contribution is 0.104. The number of anilines is 1. The Morgan fingerprint density at radius 2 is 2.29 bits per heavy atom. The zero-order valence-corrected chi connectivity index (χ0v) is 11.5. The molecule has 2 rings (SSSR count). The van der Waals surface area contributed by atoms with E-state index in [1.165, 1.54) is 4.88 Å². The molecule has 96 valence electrons. The van der Waals surface area contributed by atoms with E-state index in [-0.39, 0.29) is 17.6 Å². The number of β-amino-alcohol motifs (C(OH)–C–C–N with tert-alkyl or cyclic N) is 1. The Hall–Kier alpha value is -0.650. The van der Waals surface area contributed by atoms with Crippen molar-refractivity contribution in [3.8, 4) is 0 Å². The van der Waals surface area contributed by atoms with Crippen LogP contribution in [0.3, 0.4) is 0 Å². The van der Waals surface area contributed by atoms with Crippen molar-refractivity contribution in [2.75, 3.05) is 18.8 Å². The van der Waals surface area contributed by atoms with Gasteiger partial charge in [0.05, 0.1) is 12.1 Å². The molecule has 2 heterocycles. The van der Waals surface area contributed by atoms with E-state index in [2.05, 4.69) is 30.7 Å². The molecule has 1 aromatic heterocycles. The Morgan fingerprint density at radius 3 is 2.71 bits per heavy atom. The summed E-state index contributed by atoms with van der Waals surface area (Å²) >= 11 is 1.55. The summed E-state index contributed by atoms with van der Waals surface area (Å²) in [5.74, 6) is 0. The number of aliphatic hydroxyl groups is 1. The third-order valence-corrected chi connectivity index (χ3v) is 4.07. The number of nitrogen functional groups attached to an aromatic ring is 1. The Labute approximate surface area is 106 Å². The smallest absolute Gasteiger partial charge is 0.180 e. The van der Waals surface area contributed by atoms with E-state index in [1.54, 1.807) is 11.3 Å². The van der Waals surface area contributed by atoms with Crippen LogP contribution in [0.2, 0.25) is 0 Å². The van der Waals surface area contributed by atoms with Gasteiger partial charge in [0.2, 0.25) is 0 Å². The molecular weight excluding hydrogens is 234 g/mol. The fraction of sp³-hybridized carbons (Fsp3) is 0.750. The summed E-state index contributed by atoms with van der Waals surface area (Å²) in [6, 6.07) is 0.287. The van der Waals surface area contributed by atoms with E-state index in [9.17, 15) is 5.11 Å². The van der Waals surface area contributed by atoms with Crippen molar-refractivity contribution in [2.24, 2.45) is 5.41 Å². The zero-order valence-electron chi connectivity index (χ0n) is 10.7. The van der Waals surface area contributed by atoms with Gasteiger partial charge in [-0.15, -0.1) is 11.3 Å². The van der Waals surface area contributed by atoms with Crippen LogP contribution in [0.25, 0.3) is 0 Å². The number of nitrogens with two attached hydrogens (primary N) is 1. The van der Waals surface area contributed by atoms with E-state index in [0.29, 0.717) is 5.13 Å². The highest BCUT2D eigenvalue weighted by atomic mass is 32.1. The van der Waals surface area contributed by atoms with Gasteiger partial charge in [-0.3, -0.25) is 4.90 Å². The fourth-order valence-corrected chi connectivity index (χ4v) is 3.65. The van der Waals surface area contributed by atoms with Gasteiger partial charge in [-0.2, -0.15) is 0 Å². The van der Waals surface area contributed by atoms with Gasteiger partial charge in [0.15, 0.2) is 5.13 Å². The van der Waals surface area contributed by atoms with Crippen LogP contribution in [0.5, 0.6) is 0 Å². The van der Waals surface area contributed by atoms with Crippen molar-refractivity contribution in [1.82, 2.24) is 9.88 Å². The van der Waals surface area contributed by atoms with Crippen LogP contribution < -0.4 is 5.73 Å². The molecule has 0 radical (unpaired) electrons. The number of thiazole rings is 1. The standard InChI is InChI=1S/C12H21N3OS/c1-12(2,3)10(9-6-14-11(13)17-9)15-5-4-8(16)7-15/h6,8,10,16H,4-5,7H2,1-3H3,(H2,13,14)/t8-,10?/m1/s1. The molecule has 0 aliphatic carbocycles. The molecule has 1 fully saturated rings. The molecule has 5 heteroatoms. The molecule has 3 N–H and O–H groups in total. The van der Waals surface area contributed by atoms with E-state index in [0.717, 1.165) is 19.5 Å². The van der Waals surface area contributed by atoms with Gasteiger partial charge >= 0.3 is 0 Å². The summed E-state index contributed by atoms with van der Waals surface area (Å²) in [4.78, 5) is 7.69. The summed E-state index contributed by atoms with van der Waals surface area (Å²) < 4.78 is 0. The highest BCUT2D eigenvalue weighted by molar-refractivity contribution is 7.15. The molecule has 1 saturated heterocycles. The molecule has 0 aromatic carbocycles. The second-order valence-electron chi connectivity index (χ2n) is 5.81. The lowest BCUT2D eigenvalue weighted by Gasteiger charge is -2.37. The summed E-state index contributed by atoms with van der Waals surface area (Å²) in [7, 11) is 0. The maximum atomic E-state index is 9.69. The molecule has 17 heavy (non-hydrogen) atoms. The summed E-state index contributed by atoms with van der Waals surface area (Å²) in [6.45, 7) is 8.36. The van der Waals surface area contributed by atoms with Crippen LogP contribution >= 0.6 is 11.3 Å². The van der Waals surface area contributed by atoms with Gasteiger partial charge in [0, 0.05) is 24.2 Å². The van der Waals surface area contributed by atoms with Crippen LogP contribution in [0.1, 0.15) is 38.1 Å². The van der Waals surface area contributed by atoms with E-state index in [4.69, 9.17) is 5.73 Å². The van der Waals surface area contributed by atoms with Crippen LogP contribution in [0, 0.1) is 5.41 Å². The predicted molar refractivity (Wildman–Crippen MR) is 70.9 cm³/mol. The fourth-order valence-electron chi connectivity index (χ4n) is 2.58. The molecule has 1 aliphatic rings. The topological polar surface area (TPSA) is 62.4 Å². The summed E-state index contributed by atoms with van der Waals surface area (Å²) in [5, 5.41) is 10.3. The number of likely N-dealkylation sites (tertiary alicyclic amines) is 1. The Balaban J connectivity index is 2.26. The molecule has 1 aromatic rings. The first-order chi connectivity index (χ1) is 7.88. The first kappa shape index (κ1) is 12.8. The second-order valence-corrected chi connectivity index (χ2v) is 6.90. The molecular formula is C12H21N3OS. The maximum absolute atomic E-state index is 9.69. The van der Waals surface area contributed by atoms with Crippen molar-refractivity contribution < 1.29 is 5.11 Å². The molecule has 0 amide bonds. The first-order valence-electron chi connectivity index (χ1n) is 6.01. The average Bonchev–Trinajstić information content (AvgIpc) is 2.75. The highest BCUT2D eigenvalue weighted by Gasteiger charge is 2.36. The number of hydrogen-bond donors (Lipinski definition) is 2. The minimum absolute atomic E-state index is 0.114. The summed E-state index contributed by atoms with van der Waals surface area (Å²) in [6.07, 6.45) is 2.55. The van der Waals surface area contributed by atoms with Gasteiger partial charge in [0.1, 0.15) is 0 Å². The SMILES string of the molecule is CC(C)(C)C(c1cnc(N)s1)N1CC[C@@H](O)C1. The lowest BCUT2D eigenvalue weighted by atomic mass is 9.85. The zero-order chi connectivity index (χ0) is 12.6. The van der Waals surface area contributed by atoms with Crippen LogP contribution in [0.15, 0.2) is 6.20 Å². The van der Waals surface area contributed by atoms with E-state index in [1.807, 2.05) is 6.20 Å². The number of hydrogen-bond acceptors (Lipinski definition) is 5. The molecule has 0 bridgehead atoms. The minimum Gasteiger partial charge on any atom is -0.392 e. The Morgan fingerprint density at radius 1 is 1.59 bits per heavy atom. The van der Waals surface area contributed by atoms with Crippen LogP contribution in [-0.2, 0) is 0 Å². The quantitative estimate of drug-likeness (QED) is 0.847. The Bertz CT molecular complexity index is 385. The second kappa shape index (κ2) is 4.55. The van der Waals surface area contributed by atoms with Gasteiger partial charge in [-0.1, -0.05) is 20.8 Å². The van der Waals surface area contributed by atoms with E-state index < -0.39 is 0 Å². The average molecular weight is 255 g/mol. The van der Waals surface area contributed by atoms with Crippen LogP contribution in [0.4, 0.5) is 5.13 Å². The van der Waals surface area contributed by atoms with Gasteiger partial charge < -0.3 is 10.8 Å². The highest BCUT2D eigenvalue weighted by Crippen LogP contribution is 2.42.